The molecule has 1 aromatic heterocycles. The number of allylic oxidation sites excluding steroid dienone is 4. The standard InChI is InChI=1S/C14H15NO.C2H6/c1-4-12-13-5-6-15-8-11(13)9-16-14(12)7-10(2)3;1-2/h4-8H,1,9H2,2-3H3;1-2H3. The summed E-state index contributed by atoms with van der Waals surface area (Å²) < 4.78 is 5.71. The summed E-state index contributed by atoms with van der Waals surface area (Å²) in [5, 5.41) is 0. The van der Waals surface area contributed by atoms with Crippen LogP contribution >= 0.6 is 0 Å². The lowest BCUT2D eigenvalue weighted by Gasteiger charge is -2.20. The van der Waals surface area contributed by atoms with Crippen LogP contribution in [0.2, 0.25) is 0 Å². The number of pyridine rings is 1. The molecular weight excluding hydrogens is 222 g/mol. The molecule has 96 valence electrons. The number of ether oxygens (including phenoxy) is 1. The molecule has 0 unspecified atom stereocenters. The Morgan fingerprint density at radius 1 is 1.39 bits per heavy atom. The molecule has 0 saturated carbocycles. The van der Waals surface area contributed by atoms with Gasteiger partial charge in [0.15, 0.2) is 0 Å². The first-order valence-corrected chi connectivity index (χ1v) is 6.30. The van der Waals surface area contributed by atoms with Crippen molar-refractivity contribution >= 4 is 5.57 Å². The molecule has 0 bridgehead atoms. The summed E-state index contributed by atoms with van der Waals surface area (Å²) in [6.07, 6.45) is 7.53. The van der Waals surface area contributed by atoms with Gasteiger partial charge >= 0.3 is 0 Å². The Morgan fingerprint density at radius 2 is 2.11 bits per heavy atom. The van der Waals surface area contributed by atoms with E-state index in [4.69, 9.17) is 4.74 Å². The van der Waals surface area contributed by atoms with Crippen LogP contribution in [-0.2, 0) is 11.3 Å². The van der Waals surface area contributed by atoms with E-state index in [0.717, 1.165) is 16.9 Å². The lowest BCUT2D eigenvalue weighted by Crippen LogP contribution is -2.06. The second-order valence-corrected chi connectivity index (χ2v) is 4.03. The lowest BCUT2D eigenvalue weighted by atomic mass is 9.98. The first-order chi connectivity index (χ1) is 8.72. The van der Waals surface area contributed by atoms with Gasteiger partial charge in [-0.1, -0.05) is 32.1 Å². The van der Waals surface area contributed by atoms with Gasteiger partial charge in [-0.15, -0.1) is 0 Å². The van der Waals surface area contributed by atoms with Crippen molar-refractivity contribution in [3.05, 3.63) is 59.7 Å². The average molecular weight is 243 g/mol. The van der Waals surface area contributed by atoms with Gasteiger partial charge in [0.2, 0.25) is 0 Å². The van der Waals surface area contributed by atoms with Crippen LogP contribution < -0.4 is 0 Å². The molecule has 0 aliphatic carbocycles. The van der Waals surface area contributed by atoms with E-state index in [-0.39, 0.29) is 0 Å². The summed E-state index contributed by atoms with van der Waals surface area (Å²) in [4.78, 5) is 4.10. The number of rotatable bonds is 2. The molecule has 0 N–H and O–H groups in total. The molecule has 0 aromatic carbocycles. The number of aromatic nitrogens is 1. The Morgan fingerprint density at radius 3 is 2.72 bits per heavy atom. The van der Waals surface area contributed by atoms with E-state index < -0.39 is 0 Å². The normalized spacial score (nSPS) is 12.7. The summed E-state index contributed by atoms with van der Waals surface area (Å²) in [5.74, 6) is 0.897. The van der Waals surface area contributed by atoms with Gasteiger partial charge < -0.3 is 4.74 Å². The Hall–Kier alpha value is -1.83. The van der Waals surface area contributed by atoms with E-state index in [1.165, 1.54) is 11.1 Å². The summed E-state index contributed by atoms with van der Waals surface area (Å²) in [6.45, 7) is 12.5. The van der Waals surface area contributed by atoms with Crippen LogP contribution in [0.15, 0.2) is 48.5 Å². The number of fused-ring (bicyclic) bond motifs is 1. The zero-order valence-electron chi connectivity index (χ0n) is 11.7. The van der Waals surface area contributed by atoms with Gasteiger partial charge in [0.05, 0.1) is 0 Å². The molecule has 2 heteroatoms. The summed E-state index contributed by atoms with van der Waals surface area (Å²) in [7, 11) is 0. The minimum absolute atomic E-state index is 0.583. The zero-order valence-corrected chi connectivity index (χ0v) is 11.7. The predicted octanol–water partition coefficient (Wildman–Crippen LogP) is 4.50. The molecule has 1 aliphatic rings. The molecule has 2 nitrogen and oxygen atoms in total. The van der Waals surface area contributed by atoms with Crippen LogP contribution in [-0.4, -0.2) is 4.98 Å². The molecule has 0 fully saturated rings. The molecule has 2 heterocycles. The Bertz CT molecular complexity index is 480. The number of nitrogens with zero attached hydrogens (tertiary/aromatic N) is 1. The van der Waals surface area contributed by atoms with E-state index in [1.807, 2.05) is 38.3 Å². The first kappa shape index (κ1) is 14.2. The summed E-state index contributed by atoms with van der Waals surface area (Å²) in [5.41, 5.74) is 4.55. The smallest absolute Gasteiger partial charge is 0.127 e. The second kappa shape index (κ2) is 6.80. The van der Waals surface area contributed by atoms with Crippen LogP contribution in [0.25, 0.3) is 5.57 Å². The van der Waals surface area contributed by atoms with Crippen molar-refractivity contribution in [3.63, 3.8) is 0 Å². The lowest BCUT2D eigenvalue weighted by molar-refractivity contribution is 0.207. The molecule has 0 spiro atoms. The maximum Gasteiger partial charge on any atom is 0.127 e. The Balaban J connectivity index is 0.000000771. The fraction of sp³-hybridized carbons (Fsp3) is 0.312. The molecule has 18 heavy (non-hydrogen) atoms. The third-order valence-corrected chi connectivity index (χ3v) is 2.47. The number of hydrogen-bond acceptors (Lipinski definition) is 2. The van der Waals surface area contributed by atoms with Crippen molar-refractivity contribution in [2.45, 2.75) is 34.3 Å². The highest BCUT2D eigenvalue weighted by Gasteiger charge is 2.16. The molecule has 0 atom stereocenters. The quantitative estimate of drug-likeness (QED) is 0.763. The van der Waals surface area contributed by atoms with E-state index in [1.54, 1.807) is 6.20 Å². The summed E-state index contributed by atoms with van der Waals surface area (Å²) in [6, 6.07) is 2.01. The average Bonchev–Trinajstić information content (AvgIpc) is 2.40. The fourth-order valence-electron chi connectivity index (χ4n) is 1.76. The molecule has 0 saturated heterocycles. The molecule has 0 radical (unpaired) electrons. The highest BCUT2D eigenvalue weighted by atomic mass is 16.5. The van der Waals surface area contributed by atoms with E-state index in [0.29, 0.717) is 6.61 Å². The molecule has 0 amide bonds. The largest absolute Gasteiger partial charge is 0.488 e. The highest BCUT2D eigenvalue weighted by Crippen LogP contribution is 2.30. The number of hydrogen-bond donors (Lipinski definition) is 0. The van der Waals surface area contributed by atoms with Crippen LogP contribution in [0, 0.1) is 0 Å². The van der Waals surface area contributed by atoms with Crippen molar-refractivity contribution in [2.75, 3.05) is 0 Å². The monoisotopic (exact) mass is 243 g/mol. The minimum atomic E-state index is 0.583. The van der Waals surface area contributed by atoms with Crippen LogP contribution in [0.3, 0.4) is 0 Å². The maximum atomic E-state index is 5.71. The van der Waals surface area contributed by atoms with Crippen molar-refractivity contribution in [1.82, 2.24) is 4.98 Å². The molecule has 1 aromatic rings. The van der Waals surface area contributed by atoms with Gasteiger partial charge in [0.1, 0.15) is 12.4 Å². The van der Waals surface area contributed by atoms with Crippen molar-refractivity contribution in [3.8, 4) is 0 Å². The van der Waals surface area contributed by atoms with E-state index in [9.17, 15) is 0 Å². The first-order valence-electron chi connectivity index (χ1n) is 6.30. The Labute approximate surface area is 110 Å². The fourth-order valence-corrected chi connectivity index (χ4v) is 1.76. The van der Waals surface area contributed by atoms with Gasteiger partial charge in [0.25, 0.3) is 0 Å². The van der Waals surface area contributed by atoms with E-state index >= 15 is 0 Å². The van der Waals surface area contributed by atoms with Crippen molar-refractivity contribution < 1.29 is 4.74 Å². The van der Waals surface area contributed by atoms with Gasteiger partial charge in [-0.05, 0) is 31.6 Å². The predicted molar refractivity (Wildman–Crippen MR) is 76.9 cm³/mol. The van der Waals surface area contributed by atoms with E-state index in [2.05, 4.69) is 25.4 Å². The topological polar surface area (TPSA) is 22.1 Å². The van der Waals surface area contributed by atoms with Gasteiger partial charge in [0, 0.05) is 23.5 Å². The Kier molecular flexibility index (Phi) is 5.37. The SMILES string of the molecule is C=CC1=C(C=C(C)C)OCc2cnccc21.CC. The van der Waals surface area contributed by atoms with Crippen LogP contribution in [0.5, 0.6) is 0 Å². The third-order valence-electron chi connectivity index (χ3n) is 2.47. The van der Waals surface area contributed by atoms with Crippen molar-refractivity contribution in [2.24, 2.45) is 0 Å². The van der Waals surface area contributed by atoms with Crippen LogP contribution in [0.4, 0.5) is 0 Å². The highest BCUT2D eigenvalue weighted by molar-refractivity contribution is 5.79. The zero-order chi connectivity index (χ0) is 13.5. The molecular formula is C16H21NO. The third kappa shape index (κ3) is 3.10. The second-order valence-electron chi connectivity index (χ2n) is 4.03. The van der Waals surface area contributed by atoms with Gasteiger partial charge in [-0.25, -0.2) is 0 Å². The van der Waals surface area contributed by atoms with Gasteiger partial charge in [-0.2, -0.15) is 0 Å². The van der Waals surface area contributed by atoms with Crippen LogP contribution in [0.1, 0.15) is 38.8 Å². The van der Waals surface area contributed by atoms with Crippen molar-refractivity contribution in [1.29, 1.82) is 0 Å². The maximum absolute atomic E-state index is 5.71. The van der Waals surface area contributed by atoms with Gasteiger partial charge in [-0.3, -0.25) is 4.98 Å². The summed E-state index contributed by atoms with van der Waals surface area (Å²) >= 11 is 0. The molecule has 1 aliphatic heterocycles. The minimum Gasteiger partial charge on any atom is -0.488 e. The molecule has 2 rings (SSSR count).